The van der Waals surface area contributed by atoms with Gasteiger partial charge in [-0.25, -0.2) is 4.99 Å². The SMILES string of the molecule is CCNC(=NCc1ccc(CN2CCCC2=O)cc1)NCC(C)Oc1cccc(C)c1. The number of hydrogen-bond donors (Lipinski definition) is 2. The summed E-state index contributed by atoms with van der Waals surface area (Å²) in [5.41, 5.74) is 3.48. The van der Waals surface area contributed by atoms with Gasteiger partial charge in [-0.15, -0.1) is 0 Å². The molecule has 0 spiro atoms. The summed E-state index contributed by atoms with van der Waals surface area (Å²) >= 11 is 0. The second kappa shape index (κ2) is 11.4. The highest BCUT2D eigenvalue weighted by molar-refractivity contribution is 5.79. The van der Waals surface area contributed by atoms with E-state index in [4.69, 9.17) is 9.73 Å². The summed E-state index contributed by atoms with van der Waals surface area (Å²) in [4.78, 5) is 18.4. The Morgan fingerprint density at radius 3 is 2.61 bits per heavy atom. The third kappa shape index (κ3) is 7.31. The number of aryl methyl sites for hydroxylation is 1. The smallest absolute Gasteiger partial charge is 0.222 e. The highest BCUT2D eigenvalue weighted by Crippen LogP contribution is 2.15. The van der Waals surface area contributed by atoms with E-state index in [0.29, 0.717) is 26.1 Å². The number of guanidine groups is 1. The molecule has 6 nitrogen and oxygen atoms in total. The van der Waals surface area contributed by atoms with Crippen molar-refractivity contribution >= 4 is 11.9 Å². The minimum Gasteiger partial charge on any atom is -0.489 e. The molecule has 0 saturated carbocycles. The molecule has 1 unspecified atom stereocenters. The Balaban J connectivity index is 1.49. The summed E-state index contributed by atoms with van der Waals surface area (Å²) in [6.07, 6.45) is 1.67. The quantitative estimate of drug-likeness (QED) is 0.478. The van der Waals surface area contributed by atoms with Crippen LogP contribution in [0.4, 0.5) is 0 Å². The van der Waals surface area contributed by atoms with Gasteiger partial charge >= 0.3 is 0 Å². The number of rotatable bonds is 9. The molecule has 0 aliphatic carbocycles. The van der Waals surface area contributed by atoms with Crippen LogP contribution < -0.4 is 15.4 Å². The molecule has 1 atom stereocenters. The molecule has 1 heterocycles. The molecule has 1 aliphatic rings. The predicted molar refractivity (Wildman–Crippen MR) is 125 cm³/mol. The van der Waals surface area contributed by atoms with Crippen molar-refractivity contribution in [3.8, 4) is 5.75 Å². The van der Waals surface area contributed by atoms with Gasteiger partial charge < -0.3 is 20.3 Å². The molecule has 6 heteroatoms. The van der Waals surface area contributed by atoms with E-state index in [1.54, 1.807) is 0 Å². The van der Waals surface area contributed by atoms with E-state index in [9.17, 15) is 4.79 Å². The normalized spacial score (nSPS) is 15.1. The van der Waals surface area contributed by atoms with Gasteiger partial charge in [0.2, 0.25) is 5.91 Å². The van der Waals surface area contributed by atoms with Gasteiger partial charge in [-0.1, -0.05) is 36.4 Å². The molecule has 3 rings (SSSR count). The lowest BCUT2D eigenvalue weighted by atomic mass is 10.1. The summed E-state index contributed by atoms with van der Waals surface area (Å²) < 4.78 is 5.99. The third-order valence-electron chi connectivity index (χ3n) is 5.22. The maximum Gasteiger partial charge on any atom is 0.222 e. The first-order valence-corrected chi connectivity index (χ1v) is 11.1. The fourth-order valence-corrected chi connectivity index (χ4v) is 3.56. The summed E-state index contributed by atoms with van der Waals surface area (Å²) in [5, 5.41) is 6.64. The van der Waals surface area contributed by atoms with Crippen molar-refractivity contribution in [2.75, 3.05) is 19.6 Å². The molecule has 1 amide bonds. The largest absolute Gasteiger partial charge is 0.489 e. The van der Waals surface area contributed by atoms with E-state index in [-0.39, 0.29) is 12.0 Å². The van der Waals surface area contributed by atoms with Crippen LogP contribution in [0.3, 0.4) is 0 Å². The highest BCUT2D eigenvalue weighted by Gasteiger charge is 2.19. The maximum absolute atomic E-state index is 11.8. The minimum atomic E-state index is 0.0123. The Bertz CT molecular complexity index is 879. The zero-order valence-corrected chi connectivity index (χ0v) is 18.9. The highest BCUT2D eigenvalue weighted by atomic mass is 16.5. The average Bonchev–Trinajstić information content (AvgIpc) is 3.15. The van der Waals surface area contributed by atoms with Gasteiger partial charge in [0, 0.05) is 26.1 Å². The molecule has 2 N–H and O–H groups in total. The first-order valence-electron chi connectivity index (χ1n) is 11.1. The van der Waals surface area contributed by atoms with Crippen LogP contribution in [-0.2, 0) is 17.9 Å². The number of carbonyl (C=O) groups is 1. The van der Waals surface area contributed by atoms with Gasteiger partial charge in [0.25, 0.3) is 0 Å². The van der Waals surface area contributed by atoms with Crippen LogP contribution in [0, 0.1) is 6.92 Å². The molecule has 1 saturated heterocycles. The number of amides is 1. The van der Waals surface area contributed by atoms with Gasteiger partial charge in [-0.3, -0.25) is 4.79 Å². The third-order valence-corrected chi connectivity index (χ3v) is 5.22. The molecule has 1 fully saturated rings. The van der Waals surface area contributed by atoms with Crippen molar-refractivity contribution in [2.45, 2.75) is 52.8 Å². The molecule has 2 aromatic carbocycles. The van der Waals surface area contributed by atoms with Crippen molar-refractivity contribution < 1.29 is 9.53 Å². The number of benzene rings is 2. The molecular weight excluding hydrogens is 388 g/mol. The van der Waals surface area contributed by atoms with Crippen LogP contribution in [0.2, 0.25) is 0 Å². The number of hydrogen-bond acceptors (Lipinski definition) is 3. The van der Waals surface area contributed by atoms with Crippen molar-refractivity contribution in [3.63, 3.8) is 0 Å². The molecular formula is C25H34N4O2. The molecule has 31 heavy (non-hydrogen) atoms. The molecule has 0 radical (unpaired) electrons. The van der Waals surface area contributed by atoms with Gasteiger partial charge in [0.1, 0.15) is 11.9 Å². The first kappa shape index (κ1) is 22.7. The Morgan fingerprint density at radius 1 is 1.16 bits per heavy atom. The topological polar surface area (TPSA) is 66.0 Å². The fraction of sp³-hybridized carbons (Fsp3) is 0.440. The van der Waals surface area contributed by atoms with E-state index < -0.39 is 0 Å². The zero-order chi connectivity index (χ0) is 22.1. The van der Waals surface area contributed by atoms with Crippen LogP contribution in [0.5, 0.6) is 5.75 Å². The van der Waals surface area contributed by atoms with Gasteiger partial charge in [-0.2, -0.15) is 0 Å². The second-order valence-electron chi connectivity index (χ2n) is 8.06. The molecule has 0 aromatic heterocycles. The van der Waals surface area contributed by atoms with Crippen LogP contribution >= 0.6 is 0 Å². The molecule has 0 bridgehead atoms. The summed E-state index contributed by atoms with van der Waals surface area (Å²) in [6.45, 7) is 9.76. The number of ether oxygens (including phenoxy) is 1. The van der Waals surface area contributed by atoms with Crippen LogP contribution in [0.25, 0.3) is 0 Å². The van der Waals surface area contributed by atoms with Gasteiger partial charge in [0.15, 0.2) is 5.96 Å². The van der Waals surface area contributed by atoms with Gasteiger partial charge in [-0.05, 0) is 56.0 Å². The zero-order valence-electron chi connectivity index (χ0n) is 18.9. The van der Waals surface area contributed by atoms with Crippen molar-refractivity contribution in [2.24, 2.45) is 4.99 Å². The van der Waals surface area contributed by atoms with E-state index in [1.807, 2.05) is 30.0 Å². The van der Waals surface area contributed by atoms with Crippen LogP contribution in [-0.4, -0.2) is 42.5 Å². The second-order valence-corrected chi connectivity index (χ2v) is 8.06. The molecule has 1 aliphatic heterocycles. The summed E-state index contributed by atoms with van der Waals surface area (Å²) in [7, 11) is 0. The van der Waals surface area contributed by atoms with E-state index in [1.165, 1.54) is 5.56 Å². The van der Waals surface area contributed by atoms with Crippen molar-refractivity contribution in [3.05, 3.63) is 65.2 Å². The van der Waals surface area contributed by atoms with Crippen molar-refractivity contribution in [1.82, 2.24) is 15.5 Å². The first-order chi connectivity index (χ1) is 15.0. The van der Waals surface area contributed by atoms with E-state index in [0.717, 1.165) is 42.3 Å². The average molecular weight is 423 g/mol. The molecule has 2 aromatic rings. The minimum absolute atomic E-state index is 0.0123. The Kier molecular flexibility index (Phi) is 8.33. The Labute approximate surface area is 185 Å². The molecule has 166 valence electrons. The van der Waals surface area contributed by atoms with Crippen molar-refractivity contribution in [1.29, 1.82) is 0 Å². The number of aliphatic imine (C=N–C) groups is 1. The number of nitrogens with one attached hydrogen (secondary N) is 2. The summed E-state index contributed by atoms with van der Waals surface area (Å²) in [6, 6.07) is 16.4. The lowest BCUT2D eigenvalue weighted by molar-refractivity contribution is -0.128. The van der Waals surface area contributed by atoms with Gasteiger partial charge in [0.05, 0.1) is 13.1 Å². The number of nitrogens with zero attached hydrogens (tertiary/aromatic N) is 2. The lowest BCUT2D eigenvalue weighted by Gasteiger charge is -2.18. The van der Waals surface area contributed by atoms with Crippen LogP contribution in [0.15, 0.2) is 53.5 Å². The Morgan fingerprint density at radius 2 is 1.94 bits per heavy atom. The Hall–Kier alpha value is -3.02. The fourth-order valence-electron chi connectivity index (χ4n) is 3.56. The lowest BCUT2D eigenvalue weighted by Crippen LogP contribution is -2.41. The summed E-state index contributed by atoms with van der Waals surface area (Å²) in [5.74, 6) is 1.91. The van der Waals surface area contributed by atoms with Crippen LogP contribution in [0.1, 0.15) is 43.4 Å². The standard InChI is InChI=1S/C25H34N4O2/c1-4-26-25(27-16-20(3)31-23-8-5-7-19(2)15-23)28-17-21-10-12-22(13-11-21)18-29-14-6-9-24(29)30/h5,7-8,10-13,15,20H,4,6,9,14,16-18H2,1-3H3,(H2,26,27,28). The number of carbonyl (C=O) groups excluding carboxylic acids is 1. The maximum atomic E-state index is 11.8. The number of likely N-dealkylation sites (tertiary alicyclic amines) is 1. The predicted octanol–water partition coefficient (Wildman–Crippen LogP) is 3.64. The monoisotopic (exact) mass is 422 g/mol. The van der Waals surface area contributed by atoms with E-state index >= 15 is 0 Å². The van der Waals surface area contributed by atoms with E-state index in [2.05, 4.69) is 54.8 Å².